The van der Waals surface area contributed by atoms with E-state index in [1.165, 1.54) is 11.1 Å². The van der Waals surface area contributed by atoms with Gasteiger partial charge >= 0.3 is 12.1 Å². The van der Waals surface area contributed by atoms with E-state index < -0.39 is 17.6 Å². The number of carboxylic acid groups (broad SMARTS) is 1. The highest BCUT2D eigenvalue weighted by atomic mass is 16.5. The Hall–Kier alpha value is -3.35. The van der Waals surface area contributed by atoms with Gasteiger partial charge in [0.1, 0.15) is 6.61 Å². The van der Waals surface area contributed by atoms with E-state index in [2.05, 4.69) is 34.9 Å². The molecule has 4 atom stereocenters. The minimum absolute atomic E-state index is 0.00129. The van der Waals surface area contributed by atoms with Crippen LogP contribution in [0.5, 0.6) is 0 Å². The van der Waals surface area contributed by atoms with Gasteiger partial charge < -0.3 is 20.5 Å². The van der Waals surface area contributed by atoms with Crippen LogP contribution in [0.2, 0.25) is 0 Å². The number of rotatable bonds is 7. The van der Waals surface area contributed by atoms with Crippen LogP contribution in [0.1, 0.15) is 56.1 Å². The van der Waals surface area contributed by atoms with E-state index >= 15 is 0 Å². The highest BCUT2D eigenvalue weighted by molar-refractivity contribution is 5.82. The number of ether oxygens (including phenoxy) is 1. The summed E-state index contributed by atoms with van der Waals surface area (Å²) in [5, 5.41) is 15.0. The third kappa shape index (κ3) is 4.64. The number of hydrogen-bond acceptors (Lipinski definition) is 4. The molecule has 2 aromatic rings. The number of nitrogens with one attached hydrogen (secondary N) is 2. The molecule has 5 rings (SSSR count). The molecule has 3 N–H and O–H groups in total. The molecule has 0 aromatic heterocycles. The first-order valence-corrected chi connectivity index (χ1v) is 12.5. The van der Waals surface area contributed by atoms with E-state index in [9.17, 15) is 14.4 Å². The standard InChI is InChI=1S/C28H32N2O5/c1-28(13-7-6-12-24(28)25(31)29-15-17-14-22(17)26(32)33)30-27(34)35-16-23-20-10-4-2-8-18(20)19-9-3-5-11-21(19)23/h2-5,8-11,17,22-24H,6-7,12-16H2,1H3,(H,29,31)(H,30,34)(H,32,33). The third-order valence-corrected chi connectivity index (χ3v) is 8.03. The van der Waals surface area contributed by atoms with Crippen LogP contribution in [0, 0.1) is 17.8 Å². The van der Waals surface area contributed by atoms with E-state index in [4.69, 9.17) is 9.84 Å². The third-order valence-electron chi connectivity index (χ3n) is 8.03. The van der Waals surface area contributed by atoms with Crippen LogP contribution in [-0.4, -0.2) is 41.8 Å². The average molecular weight is 477 g/mol. The lowest BCUT2D eigenvalue weighted by atomic mass is 9.73. The van der Waals surface area contributed by atoms with Crippen LogP contribution < -0.4 is 10.6 Å². The first-order chi connectivity index (χ1) is 16.9. The molecule has 7 nitrogen and oxygen atoms in total. The van der Waals surface area contributed by atoms with Crippen LogP contribution in [0.4, 0.5) is 4.79 Å². The average Bonchev–Trinajstić information content (AvgIpc) is 3.57. The molecular formula is C28H32N2O5. The number of amides is 2. The first kappa shape index (κ1) is 23.4. The Morgan fingerprint density at radius 2 is 1.69 bits per heavy atom. The summed E-state index contributed by atoms with van der Waals surface area (Å²) in [6.45, 7) is 2.51. The molecule has 0 saturated heterocycles. The lowest BCUT2D eigenvalue weighted by molar-refractivity contribution is -0.139. The maximum absolute atomic E-state index is 13.0. The summed E-state index contributed by atoms with van der Waals surface area (Å²) in [6, 6.07) is 16.4. The van der Waals surface area contributed by atoms with Gasteiger partial charge in [-0.15, -0.1) is 0 Å². The number of carbonyl (C=O) groups is 3. The molecule has 0 aliphatic heterocycles. The van der Waals surface area contributed by atoms with Gasteiger partial charge in [0.2, 0.25) is 5.91 Å². The normalized spacial score (nSPS) is 26.8. The maximum atomic E-state index is 13.0. The fraction of sp³-hybridized carbons (Fsp3) is 0.464. The number of aliphatic carboxylic acids is 1. The SMILES string of the molecule is CC1(NC(=O)OCC2c3ccccc3-c3ccccc32)CCCCC1C(=O)NCC1CC1C(=O)O. The minimum atomic E-state index is -0.802. The Bertz CT molecular complexity index is 1100. The lowest BCUT2D eigenvalue weighted by Gasteiger charge is -2.40. The van der Waals surface area contributed by atoms with Gasteiger partial charge in [-0.3, -0.25) is 9.59 Å². The van der Waals surface area contributed by atoms with Gasteiger partial charge in [0, 0.05) is 12.5 Å². The molecule has 2 aromatic carbocycles. The molecular weight excluding hydrogens is 444 g/mol. The Morgan fingerprint density at radius 1 is 1.03 bits per heavy atom. The fourth-order valence-corrected chi connectivity index (χ4v) is 5.90. The molecule has 2 saturated carbocycles. The molecule has 2 fully saturated rings. The molecule has 3 aliphatic carbocycles. The highest BCUT2D eigenvalue weighted by Gasteiger charge is 2.45. The summed E-state index contributed by atoms with van der Waals surface area (Å²) in [5.74, 6) is -1.68. The number of hydrogen-bond donors (Lipinski definition) is 3. The van der Waals surface area contributed by atoms with Gasteiger partial charge in [0.15, 0.2) is 0 Å². The second-order valence-corrected chi connectivity index (χ2v) is 10.4. The zero-order valence-electron chi connectivity index (χ0n) is 20.0. The van der Waals surface area contributed by atoms with Gasteiger partial charge in [0.05, 0.1) is 17.4 Å². The number of benzene rings is 2. The monoisotopic (exact) mass is 476 g/mol. The van der Waals surface area contributed by atoms with Crippen molar-refractivity contribution in [3.8, 4) is 11.1 Å². The second-order valence-electron chi connectivity index (χ2n) is 10.4. The summed E-state index contributed by atoms with van der Waals surface area (Å²) in [7, 11) is 0. The molecule has 0 heterocycles. The quantitative estimate of drug-likeness (QED) is 0.552. The Labute approximate surface area is 205 Å². The van der Waals surface area contributed by atoms with Gasteiger partial charge in [-0.25, -0.2) is 4.79 Å². The summed E-state index contributed by atoms with van der Waals surface area (Å²) in [4.78, 5) is 37.0. The Kier molecular flexibility index (Phi) is 6.26. The maximum Gasteiger partial charge on any atom is 0.407 e. The van der Waals surface area contributed by atoms with E-state index in [0.717, 1.165) is 24.0 Å². The van der Waals surface area contributed by atoms with Crippen molar-refractivity contribution in [3.05, 3.63) is 59.7 Å². The summed E-state index contributed by atoms with van der Waals surface area (Å²) < 4.78 is 5.74. The van der Waals surface area contributed by atoms with Gasteiger partial charge in [-0.2, -0.15) is 0 Å². The fourth-order valence-electron chi connectivity index (χ4n) is 5.90. The van der Waals surface area contributed by atoms with Crippen molar-refractivity contribution in [2.45, 2.75) is 50.5 Å². The van der Waals surface area contributed by atoms with Crippen LogP contribution in [-0.2, 0) is 14.3 Å². The largest absolute Gasteiger partial charge is 0.481 e. The molecule has 4 unspecified atom stereocenters. The van der Waals surface area contributed by atoms with Crippen molar-refractivity contribution in [2.24, 2.45) is 17.8 Å². The molecule has 2 amide bonds. The van der Waals surface area contributed by atoms with E-state index in [1.807, 2.05) is 31.2 Å². The molecule has 35 heavy (non-hydrogen) atoms. The summed E-state index contributed by atoms with van der Waals surface area (Å²) in [6.07, 6.45) is 3.31. The van der Waals surface area contributed by atoms with Gasteiger partial charge in [-0.1, -0.05) is 61.4 Å². The number of fused-ring (bicyclic) bond motifs is 3. The molecule has 3 aliphatic rings. The van der Waals surface area contributed by atoms with Gasteiger partial charge in [0.25, 0.3) is 0 Å². The predicted molar refractivity (Wildman–Crippen MR) is 131 cm³/mol. The van der Waals surface area contributed by atoms with Crippen molar-refractivity contribution in [3.63, 3.8) is 0 Å². The van der Waals surface area contributed by atoms with E-state index in [1.54, 1.807) is 0 Å². The molecule has 7 heteroatoms. The smallest absolute Gasteiger partial charge is 0.407 e. The summed E-state index contributed by atoms with van der Waals surface area (Å²) >= 11 is 0. The van der Waals surface area contributed by atoms with Crippen molar-refractivity contribution < 1.29 is 24.2 Å². The Morgan fingerprint density at radius 3 is 2.31 bits per heavy atom. The van der Waals surface area contributed by atoms with Crippen LogP contribution in [0.15, 0.2) is 48.5 Å². The number of carbonyl (C=O) groups excluding carboxylic acids is 2. The molecule has 0 spiro atoms. The van der Waals surface area contributed by atoms with Crippen LogP contribution in [0.25, 0.3) is 11.1 Å². The topological polar surface area (TPSA) is 105 Å². The predicted octanol–water partition coefficient (Wildman–Crippen LogP) is 4.31. The zero-order chi connectivity index (χ0) is 24.6. The van der Waals surface area contributed by atoms with Crippen molar-refractivity contribution >= 4 is 18.0 Å². The van der Waals surface area contributed by atoms with Gasteiger partial charge in [-0.05, 0) is 54.4 Å². The van der Waals surface area contributed by atoms with Crippen molar-refractivity contribution in [1.82, 2.24) is 10.6 Å². The zero-order valence-corrected chi connectivity index (χ0v) is 20.0. The lowest BCUT2D eigenvalue weighted by Crippen LogP contribution is -2.57. The van der Waals surface area contributed by atoms with Crippen LogP contribution >= 0.6 is 0 Å². The number of alkyl carbamates (subject to hydrolysis) is 1. The first-order valence-electron chi connectivity index (χ1n) is 12.5. The van der Waals surface area contributed by atoms with E-state index in [0.29, 0.717) is 25.8 Å². The number of carboxylic acids is 1. The van der Waals surface area contributed by atoms with Crippen molar-refractivity contribution in [1.29, 1.82) is 0 Å². The summed E-state index contributed by atoms with van der Waals surface area (Å²) in [5.41, 5.74) is 3.95. The van der Waals surface area contributed by atoms with Crippen LogP contribution in [0.3, 0.4) is 0 Å². The molecule has 0 bridgehead atoms. The minimum Gasteiger partial charge on any atom is -0.481 e. The van der Waals surface area contributed by atoms with Crippen molar-refractivity contribution in [2.75, 3.05) is 13.2 Å². The van der Waals surface area contributed by atoms with E-state index in [-0.39, 0.29) is 36.2 Å². The highest BCUT2D eigenvalue weighted by Crippen LogP contribution is 2.44. The molecule has 184 valence electrons. The molecule has 0 radical (unpaired) electrons. The second kappa shape index (κ2) is 9.36. The Balaban J connectivity index is 1.21.